The highest BCUT2D eigenvalue weighted by molar-refractivity contribution is 6.02. The number of rotatable bonds is 7. The second kappa shape index (κ2) is 8.47. The third kappa shape index (κ3) is 4.16. The van der Waals surface area contributed by atoms with Crippen molar-refractivity contribution in [2.24, 2.45) is 5.73 Å². The molecule has 29 heavy (non-hydrogen) atoms. The Balaban J connectivity index is 2.22. The number of phenolic OH excluding ortho intramolecular Hbond substituents is 1. The number of carbonyl (C=O) groups is 1. The molecule has 3 N–H and O–H groups in total. The van der Waals surface area contributed by atoms with Crippen molar-refractivity contribution in [2.75, 3.05) is 0 Å². The topological polar surface area (TPSA) is 68.2 Å². The van der Waals surface area contributed by atoms with Gasteiger partial charge in [-0.3, -0.25) is 4.79 Å². The second-order valence-corrected chi connectivity index (χ2v) is 7.13. The molecule has 1 amide bonds. The average molecular weight is 398 g/mol. The Morgan fingerprint density at radius 2 is 1.90 bits per heavy atom. The number of unbranched alkanes of at least 4 members (excludes halogenated alkanes) is 1. The number of phenols is 1. The first-order chi connectivity index (χ1) is 13.8. The van der Waals surface area contributed by atoms with Gasteiger partial charge in [0.1, 0.15) is 5.75 Å². The van der Waals surface area contributed by atoms with Crippen LogP contribution in [0.3, 0.4) is 0 Å². The van der Waals surface area contributed by atoms with E-state index in [-0.39, 0.29) is 12.3 Å². The summed E-state index contributed by atoms with van der Waals surface area (Å²) in [5, 5.41) is 9.94. The van der Waals surface area contributed by atoms with Gasteiger partial charge in [-0.1, -0.05) is 31.5 Å². The second-order valence-electron chi connectivity index (χ2n) is 7.13. The molecule has 0 radical (unpaired) electrons. The van der Waals surface area contributed by atoms with Gasteiger partial charge in [-0.15, -0.1) is 0 Å². The zero-order chi connectivity index (χ0) is 21.1. The molecule has 0 unspecified atom stereocenters. The Labute approximate surface area is 168 Å². The van der Waals surface area contributed by atoms with Crippen LogP contribution in [-0.4, -0.2) is 15.6 Å². The molecule has 2 aromatic carbocycles. The van der Waals surface area contributed by atoms with E-state index in [1.807, 2.05) is 10.6 Å². The van der Waals surface area contributed by atoms with Crippen molar-refractivity contribution >= 4 is 5.91 Å². The predicted molar refractivity (Wildman–Crippen MR) is 109 cm³/mol. The van der Waals surface area contributed by atoms with Gasteiger partial charge in [0.25, 0.3) is 5.91 Å². The average Bonchev–Trinajstić information content (AvgIpc) is 2.95. The maximum absolute atomic E-state index is 13.7. The first kappa shape index (κ1) is 20.6. The number of nitrogens with two attached hydrogens (primary N) is 1. The van der Waals surface area contributed by atoms with Crippen LogP contribution in [0.15, 0.2) is 42.5 Å². The lowest BCUT2D eigenvalue weighted by molar-refractivity contribution is 0.1000. The van der Waals surface area contributed by atoms with E-state index in [0.717, 1.165) is 30.7 Å². The molecule has 0 aliphatic rings. The number of aromatic nitrogens is 1. The Bertz CT molecular complexity index is 1060. The van der Waals surface area contributed by atoms with Crippen LogP contribution in [0.1, 0.15) is 47.1 Å². The zero-order valence-electron chi connectivity index (χ0n) is 16.5. The van der Waals surface area contributed by atoms with Crippen LogP contribution >= 0.6 is 0 Å². The molecular weight excluding hydrogens is 374 g/mol. The summed E-state index contributed by atoms with van der Waals surface area (Å²) in [4.78, 5) is 12.3. The summed E-state index contributed by atoms with van der Waals surface area (Å²) in [5.74, 6) is -2.29. The van der Waals surface area contributed by atoms with E-state index in [9.17, 15) is 18.7 Å². The van der Waals surface area contributed by atoms with E-state index in [4.69, 9.17) is 5.73 Å². The maximum Gasteiger partial charge on any atom is 0.251 e. The number of amides is 1. The summed E-state index contributed by atoms with van der Waals surface area (Å²) in [6.07, 6.45) is 2.51. The number of benzene rings is 2. The SMILES string of the molecule is CCCCc1c(-c2cccc(O)c2)c(C(N)=O)c(C)n1Cc1ccc(F)c(F)c1. The molecule has 152 valence electrons. The molecule has 0 bridgehead atoms. The van der Waals surface area contributed by atoms with Gasteiger partial charge in [-0.25, -0.2) is 8.78 Å². The van der Waals surface area contributed by atoms with Crippen LogP contribution in [0.2, 0.25) is 0 Å². The summed E-state index contributed by atoms with van der Waals surface area (Å²) in [7, 11) is 0. The van der Waals surface area contributed by atoms with Crippen LogP contribution < -0.4 is 5.73 Å². The van der Waals surface area contributed by atoms with Crippen LogP contribution in [-0.2, 0) is 13.0 Å². The van der Waals surface area contributed by atoms with Crippen LogP contribution in [0.5, 0.6) is 5.75 Å². The smallest absolute Gasteiger partial charge is 0.251 e. The van der Waals surface area contributed by atoms with Gasteiger partial charge >= 0.3 is 0 Å². The number of primary amides is 1. The molecule has 3 rings (SSSR count). The lowest BCUT2D eigenvalue weighted by atomic mass is 9.97. The Hall–Kier alpha value is -3.15. The molecule has 0 atom stereocenters. The van der Waals surface area contributed by atoms with Crippen molar-refractivity contribution < 1.29 is 18.7 Å². The minimum absolute atomic E-state index is 0.0883. The molecule has 6 heteroatoms. The van der Waals surface area contributed by atoms with E-state index in [1.165, 1.54) is 6.07 Å². The standard InChI is InChI=1S/C23H24F2N2O2/c1-3-4-8-20-22(16-6-5-7-17(28)12-16)21(23(26)29)14(2)27(20)13-15-9-10-18(24)19(25)11-15/h5-7,9-12,28H,3-4,8,13H2,1-2H3,(H2,26,29). The first-order valence-corrected chi connectivity index (χ1v) is 9.58. The largest absolute Gasteiger partial charge is 0.508 e. The van der Waals surface area contributed by atoms with Crippen LogP contribution in [0.25, 0.3) is 11.1 Å². The quantitative estimate of drug-likeness (QED) is 0.592. The predicted octanol–water partition coefficient (Wildman–Crippen LogP) is 4.94. The molecule has 0 saturated carbocycles. The fourth-order valence-corrected chi connectivity index (χ4v) is 3.71. The van der Waals surface area contributed by atoms with Gasteiger partial charge in [0.05, 0.1) is 5.56 Å². The monoisotopic (exact) mass is 398 g/mol. The van der Waals surface area contributed by atoms with Crippen molar-refractivity contribution in [2.45, 2.75) is 39.7 Å². The molecular formula is C23H24F2N2O2. The van der Waals surface area contributed by atoms with E-state index in [1.54, 1.807) is 25.1 Å². The number of nitrogens with zero attached hydrogens (tertiary/aromatic N) is 1. The molecule has 1 heterocycles. The highest BCUT2D eigenvalue weighted by Gasteiger charge is 2.25. The molecule has 4 nitrogen and oxygen atoms in total. The van der Waals surface area contributed by atoms with Crippen molar-refractivity contribution in [3.63, 3.8) is 0 Å². The van der Waals surface area contributed by atoms with Gasteiger partial charge in [-0.05, 0) is 55.2 Å². The van der Waals surface area contributed by atoms with Crippen molar-refractivity contribution in [3.8, 4) is 16.9 Å². The van der Waals surface area contributed by atoms with Gasteiger partial charge in [-0.2, -0.15) is 0 Å². The minimum Gasteiger partial charge on any atom is -0.508 e. The highest BCUT2D eigenvalue weighted by Crippen LogP contribution is 2.35. The van der Waals surface area contributed by atoms with E-state index >= 15 is 0 Å². The van der Waals surface area contributed by atoms with Crippen molar-refractivity contribution in [1.82, 2.24) is 4.57 Å². The molecule has 0 aliphatic heterocycles. The molecule has 3 aromatic rings. The number of hydrogen-bond acceptors (Lipinski definition) is 2. The molecule has 1 aromatic heterocycles. The third-order valence-electron chi connectivity index (χ3n) is 5.10. The zero-order valence-corrected chi connectivity index (χ0v) is 16.5. The third-order valence-corrected chi connectivity index (χ3v) is 5.10. The van der Waals surface area contributed by atoms with Gasteiger partial charge in [0.15, 0.2) is 11.6 Å². The van der Waals surface area contributed by atoms with Crippen LogP contribution in [0, 0.1) is 18.6 Å². The number of halogens is 2. The Morgan fingerprint density at radius 3 is 2.52 bits per heavy atom. The maximum atomic E-state index is 13.7. The van der Waals surface area contributed by atoms with Gasteiger partial charge < -0.3 is 15.4 Å². The number of aromatic hydroxyl groups is 1. The summed E-state index contributed by atoms with van der Waals surface area (Å²) in [6, 6.07) is 10.5. The highest BCUT2D eigenvalue weighted by atomic mass is 19.2. The summed E-state index contributed by atoms with van der Waals surface area (Å²) >= 11 is 0. The lowest BCUT2D eigenvalue weighted by Gasteiger charge is -2.14. The first-order valence-electron chi connectivity index (χ1n) is 9.58. The molecule has 0 saturated heterocycles. The van der Waals surface area contributed by atoms with Gasteiger partial charge in [0.2, 0.25) is 0 Å². The van der Waals surface area contributed by atoms with E-state index in [2.05, 4.69) is 6.92 Å². The molecule has 0 aliphatic carbocycles. The van der Waals surface area contributed by atoms with Crippen molar-refractivity contribution in [1.29, 1.82) is 0 Å². The van der Waals surface area contributed by atoms with Crippen molar-refractivity contribution in [3.05, 3.63) is 76.6 Å². The number of hydrogen-bond donors (Lipinski definition) is 2. The fraction of sp³-hybridized carbons (Fsp3) is 0.261. The normalized spacial score (nSPS) is 11.0. The Morgan fingerprint density at radius 1 is 1.14 bits per heavy atom. The van der Waals surface area contributed by atoms with E-state index < -0.39 is 17.5 Å². The van der Waals surface area contributed by atoms with Crippen LogP contribution in [0.4, 0.5) is 8.78 Å². The molecule has 0 fully saturated rings. The summed E-state index contributed by atoms with van der Waals surface area (Å²) in [6.45, 7) is 4.14. The minimum atomic E-state index is -0.911. The van der Waals surface area contributed by atoms with E-state index in [0.29, 0.717) is 34.4 Å². The molecule has 0 spiro atoms. The fourth-order valence-electron chi connectivity index (χ4n) is 3.71. The summed E-state index contributed by atoms with van der Waals surface area (Å²) in [5.41, 5.74) is 9.59. The van der Waals surface area contributed by atoms with Gasteiger partial charge in [0, 0.05) is 23.5 Å². The summed E-state index contributed by atoms with van der Waals surface area (Å²) < 4.78 is 29.0. The Kier molecular flexibility index (Phi) is 6.01. The number of carbonyl (C=O) groups excluding carboxylic acids is 1. The lowest BCUT2D eigenvalue weighted by Crippen LogP contribution is -2.13.